The number of carbonyl (C=O) groups excluding carboxylic acids is 1. The van der Waals surface area contributed by atoms with E-state index >= 15 is 0 Å². The fourth-order valence-electron chi connectivity index (χ4n) is 3.78. The fourth-order valence-corrected chi connectivity index (χ4v) is 3.78. The normalized spacial score (nSPS) is 20.2. The van der Waals surface area contributed by atoms with E-state index in [0.717, 1.165) is 69.7 Å². The van der Waals surface area contributed by atoms with Crippen LogP contribution in [0.5, 0.6) is 5.75 Å². The van der Waals surface area contributed by atoms with Crippen molar-refractivity contribution < 1.29 is 9.53 Å². The number of carbonyl (C=O) groups is 1. The van der Waals surface area contributed by atoms with Gasteiger partial charge in [0.25, 0.3) is 5.91 Å². The number of likely N-dealkylation sites (tertiary alicyclic amines) is 2. The van der Waals surface area contributed by atoms with Gasteiger partial charge in [-0.1, -0.05) is 11.6 Å². The van der Waals surface area contributed by atoms with Gasteiger partial charge >= 0.3 is 0 Å². The summed E-state index contributed by atoms with van der Waals surface area (Å²) < 4.78 is 6.15. The van der Waals surface area contributed by atoms with Gasteiger partial charge < -0.3 is 9.64 Å². The minimum absolute atomic E-state index is 0.156. The first kappa shape index (κ1) is 19.0. The Kier molecular flexibility index (Phi) is 6.73. The van der Waals surface area contributed by atoms with Crippen LogP contribution in [0.2, 0.25) is 0 Å². The summed E-state index contributed by atoms with van der Waals surface area (Å²) in [4.78, 5) is 17.0. The molecule has 2 aliphatic heterocycles. The van der Waals surface area contributed by atoms with E-state index in [1.165, 1.54) is 12.0 Å². The SMILES string of the molecule is C/C=C(\C)CN1CCC(Oc2ccc(C(=O)N3CCCCC3)cc2)CC1. The van der Waals surface area contributed by atoms with Gasteiger partial charge in [0.2, 0.25) is 0 Å². The molecular weight excluding hydrogens is 324 g/mol. The highest BCUT2D eigenvalue weighted by Crippen LogP contribution is 2.21. The van der Waals surface area contributed by atoms with Gasteiger partial charge in [-0.15, -0.1) is 0 Å². The lowest BCUT2D eigenvalue weighted by atomic mass is 10.1. The van der Waals surface area contributed by atoms with Crippen molar-refractivity contribution in [2.24, 2.45) is 0 Å². The van der Waals surface area contributed by atoms with Crippen molar-refractivity contribution in [1.29, 1.82) is 0 Å². The highest BCUT2D eigenvalue weighted by molar-refractivity contribution is 5.94. The van der Waals surface area contributed by atoms with Crippen LogP contribution in [-0.4, -0.2) is 54.5 Å². The summed E-state index contributed by atoms with van der Waals surface area (Å²) in [7, 11) is 0. The van der Waals surface area contributed by atoms with Crippen LogP contribution in [0.15, 0.2) is 35.9 Å². The largest absolute Gasteiger partial charge is 0.490 e. The Labute approximate surface area is 157 Å². The Hall–Kier alpha value is -1.81. The van der Waals surface area contributed by atoms with Gasteiger partial charge in [-0.25, -0.2) is 0 Å². The van der Waals surface area contributed by atoms with Gasteiger partial charge in [0.1, 0.15) is 11.9 Å². The third kappa shape index (κ3) is 5.10. The van der Waals surface area contributed by atoms with E-state index in [1.807, 2.05) is 29.2 Å². The number of piperidine rings is 2. The van der Waals surface area contributed by atoms with E-state index < -0.39 is 0 Å². The van der Waals surface area contributed by atoms with E-state index in [9.17, 15) is 4.79 Å². The van der Waals surface area contributed by atoms with Crippen LogP contribution in [0.1, 0.15) is 56.3 Å². The lowest BCUT2D eigenvalue weighted by Crippen LogP contribution is -2.39. The number of rotatable bonds is 5. The Balaban J connectivity index is 1.48. The molecule has 2 fully saturated rings. The molecule has 2 heterocycles. The van der Waals surface area contributed by atoms with E-state index in [-0.39, 0.29) is 12.0 Å². The molecule has 1 aromatic rings. The third-order valence-electron chi connectivity index (χ3n) is 5.55. The van der Waals surface area contributed by atoms with Gasteiger partial charge in [0, 0.05) is 38.3 Å². The number of amides is 1. The van der Waals surface area contributed by atoms with Crippen molar-refractivity contribution in [3.05, 3.63) is 41.5 Å². The molecule has 0 saturated carbocycles. The topological polar surface area (TPSA) is 32.8 Å². The molecule has 0 aliphatic carbocycles. The monoisotopic (exact) mass is 356 g/mol. The second kappa shape index (κ2) is 9.22. The van der Waals surface area contributed by atoms with Crippen LogP contribution >= 0.6 is 0 Å². The molecule has 4 nitrogen and oxygen atoms in total. The summed E-state index contributed by atoms with van der Waals surface area (Å²) in [5.74, 6) is 1.03. The first-order chi connectivity index (χ1) is 12.7. The van der Waals surface area contributed by atoms with E-state index in [1.54, 1.807) is 0 Å². The molecule has 3 rings (SSSR count). The molecule has 1 amide bonds. The molecule has 4 heteroatoms. The lowest BCUT2D eigenvalue weighted by Gasteiger charge is -2.32. The zero-order chi connectivity index (χ0) is 18.4. The van der Waals surface area contributed by atoms with Crippen molar-refractivity contribution in [3.8, 4) is 5.75 Å². The van der Waals surface area contributed by atoms with Crippen molar-refractivity contribution in [3.63, 3.8) is 0 Å². The van der Waals surface area contributed by atoms with E-state index in [4.69, 9.17) is 4.74 Å². The first-order valence-corrected chi connectivity index (χ1v) is 10.1. The predicted molar refractivity (Wildman–Crippen MR) is 106 cm³/mol. The molecule has 0 unspecified atom stereocenters. The van der Waals surface area contributed by atoms with Gasteiger partial charge in [0.15, 0.2) is 0 Å². The molecule has 0 bridgehead atoms. The van der Waals surface area contributed by atoms with Crippen molar-refractivity contribution in [2.45, 2.75) is 52.1 Å². The summed E-state index contributed by atoms with van der Waals surface area (Å²) in [5.41, 5.74) is 2.20. The maximum absolute atomic E-state index is 12.5. The molecule has 142 valence electrons. The maximum Gasteiger partial charge on any atom is 0.253 e. The van der Waals surface area contributed by atoms with Crippen molar-refractivity contribution in [2.75, 3.05) is 32.7 Å². The molecule has 2 aliphatic rings. The zero-order valence-corrected chi connectivity index (χ0v) is 16.2. The minimum Gasteiger partial charge on any atom is -0.490 e. The molecule has 0 N–H and O–H groups in total. The Bertz CT molecular complexity index is 610. The van der Waals surface area contributed by atoms with Gasteiger partial charge in [0.05, 0.1) is 0 Å². The van der Waals surface area contributed by atoms with Crippen LogP contribution in [-0.2, 0) is 0 Å². The van der Waals surface area contributed by atoms with Gasteiger partial charge in [-0.2, -0.15) is 0 Å². The Morgan fingerprint density at radius 2 is 1.73 bits per heavy atom. The second-order valence-electron chi connectivity index (χ2n) is 7.61. The summed E-state index contributed by atoms with van der Waals surface area (Å²) >= 11 is 0. The first-order valence-electron chi connectivity index (χ1n) is 10.1. The average molecular weight is 357 g/mol. The average Bonchev–Trinajstić information content (AvgIpc) is 2.70. The number of hydrogen-bond donors (Lipinski definition) is 0. The van der Waals surface area contributed by atoms with E-state index in [2.05, 4.69) is 24.8 Å². The number of nitrogens with zero attached hydrogens (tertiary/aromatic N) is 2. The standard InChI is InChI=1S/C22H32N2O2/c1-3-18(2)17-23-15-11-21(12-16-23)26-20-9-7-19(8-10-20)22(25)24-13-5-4-6-14-24/h3,7-10,21H,4-6,11-17H2,1-2H3/b18-3+. The number of benzene rings is 1. The molecule has 0 atom stereocenters. The lowest BCUT2D eigenvalue weighted by molar-refractivity contribution is 0.0724. The highest BCUT2D eigenvalue weighted by atomic mass is 16.5. The van der Waals surface area contributed by atoms with Crippen LogP contribution in [0.4, 0.5) is 0 Å². The number of allylic oxidation sites excluding steroid dienone is 1. The van der Waals surface area contributed by atoms with Crippen LogP contribution in [0, 0.1) is 0 Å². The van der Waals surface area contributed by atoms with Crippen LogP contribution in [0.25, 0.3) is 0 Å². The maximum atomic E-state index is 12.5. The molecule has 0 spiro atoms. The molecule has 2 saturated heterocycles. The summed E-state index contributed by atoms with van der Waals surface area (Å²) in [6.07, 6.45) is 8.08. The molecule has 0 radical (unpaired) electrons. The Morgan fingerprint density at radius 1 is 1.08 bits per heavy atom. The number of hydrogen-bond acceptors (Lipinski definition) is 3. The van der Waals surface area contributed by atoms with Gasteiger partial charge in [-0.3, -0.25) is 9.69 Å². The highest BCUT2D eigenvalue weighted by Gasteiger charge is 2.21. The molecule has 0 aromatic heterocycles. The molecular formula is C22H32N2O2. The second-order valence-corrected chi connectivity index (χ2v) is 7.61. The fraction of sp³-hybridized carbons (Fsp3) is 0.591. The summed E-state index contributed by atoms with van der Waals surface area (Å²) in [6, 6.07) is 7.73. The molecule has 26 heavy (non-hydrogen) atoms. The van der Waals surface area contributed by atoms with Crippen molar-refractivity contribution >= 4 is 5.91 Å². The van der Waals surface area contributed by atoms with Crippen molar-refractivity contribution in [1.82, 2.24) is 9.80 Å². The molecule has 1 aromatic carbocycles. The quantitative estimate of drug-likeness (QED) is 0.744. The zero-order valence-electron chi connectivity index (χ0n) is 16.2. The summed E-state index contributed by atoms with van der Waals surface area (Å²) in [6.45, 7) is 9.31. The smallest absolute Gasteiger partial charge is 0.253 e. The number of ether oxygens (including phenoxy) is 1. The van der Waals surface area contributed by atoms with E-state index in [0.29, 0.717) is 0 Å². The van der Waals surface area contributed by atoms with Crippen LogP contribution in [0.3, 0.4) is 0 Å². The third-order valence-corrected chi connectivity index (χ3v) is 5.55. The Morgan fingerprint density at radius 3 is 2.35 bits per heavy atom. The van der Waals surface area contributed by atoms with Gasteiger partial charge in [-0.05, 0) is 70.2 Å². The van der Waals surface area contributed by atoms with Crippen LogP contribution < -0.4 is 4.74 Å². The summed E-state index contributed by atoms with van der Waals surface area (Å²) in [5, 5.41) is 0. The minimum atomic E-state index is 0.156. The predicted octanol–water partition coefficient (Wildman–Crippen LogP) is 4.12.